The Morgan fingerprint density at radius 1 is 1.05 bits per heavy atom. The van der Waals surface area contributed by atoms with Crippen LogP contribution in [0.2, 0.25) is 0 Å². The summed E-state index contributed by atoms with van der Waals surface area (Å²) >= 11 is 0. The van der Waals surface area contributed by atoms with Gasteiger partial charge in [0.2, 0.25) is 5.88 Å². The van der Waals surface area contributed by atoms with Crippen LogP contribution in [0.4, 0.5) is 13.2 Å². The molecule has 0 aliphatic rings. The van der Waals surface area contributed by atoms with E-state index < -0.39 is 11.7 Å². The van der Waals surface area contributed by atoms with Gasteiger partial charge < -0.3 is 4.74 Å². The van der Waals surface area contributed by atoms with Crippen molar-refractivity contribution < 1.29 is 17.9 Å². The fraction of sp³-hybridized carbons (Fsp3) is 0.133. The van der Waals surface area contributed by atoms with Gasteiger partial charge in [0.05, 0.1) is 5.56 Å². The lowest BCUT2D eigenvalue weighted by Crippen LogP contribution is -2.05. The first-order chi connectivity index (χ1) is 9.49. The number of hydrogen-bond donors (Lipinski definition) is 0. The van der Waals surface area contributed by atoms with E-state index in [1.165, 1.54) is 6.07 Å². The molecule has 0 saturated heterocycles. The first-order valence-corrected chi connectivity index (χ1v) is 5.93. The summed E-state index contributed by atoms with van der Waals surface area (Å²) < 4.78 is 42.5. The van der Waals surface area contributed by atoms with Gasteiger partial charge in [0.1, 0.15) is 5.75 Å². The Bertz CT molecular complexity index is 586. The van der Waals surface area contributed by atoms with Crippen molar-refractivity contribution in [2.75, 3.05) is 0 Å². The minimum Gasteiger partial charge on any atom is -0.439 e. The maximum Gasteiger partial charge on any atom is 0.417 e. The Kier molecular flexibility index (Phi) is 4.08. The summed E-state index contributed by atoms with van der Waals surface area (Å²) in [6.07, 6.45) is 0.205. The topological polar surface area (TPSA) is 22.1 Å². The van der Waals surface area contributed by atoms with E-state index in [0.29, 0.717) is 5.75 Å². The molecule has 0 spiro atoms. The van der Waals surface area contributed by atoms with E-state index in [1.54, 1.807) is 12.1 Å². The summed E-state index contributed by atoms with van der Waals surface area (Å²) in [6, 6.07) is 9.29. The molecule has 2 rings (SSSR count). The Morgan fingerprint density at radius 2 is 1.75 bits per heavy atom. The molecule has 0 aliphatic heterocycles. The number of pyridine rings is 1. The number of alkyl halides is 3. The highest BCUT2D eigenvalue weighted by Crippen LogP contribution is 2.30. The average molecular weight is 279 g/mol. The molecule has 0 atom stereocenters. The van der Waals surface area contributed by atoms with Crippen LogP contribution in [-0.2, 0) is 6.18 Å². The van der Waals surface area contributed by atoms with Gasteiger partial charge in [-0.15, -0.1) is 0 Å². The zero-order chi connectivity index (χ0) is 14.6. The number of halogens is 3. The smallest absolute Gasteiger partial charge is 0.417 e. The number of rotatable bonds is 3. The largest absolute Gasteiger partial charge is 0.439 e. The molecule has 5 heteroatoms. The lowest BCUT2D eigenvalue weighted by atomic mass is 10.2. The molecule has 0 fully saturated rings. The molecule has 2 aromatic rings. The van der Waals surface area contributed by atoms with Crippen LogP contribution in [-0.4, -0.2) is 4.98 Å². The first-order valence-electron chi connectivity index (χ1n) is 5.93. The molecule has 1 aromatic heterocycles. The van der Waals surface area contributed by atoms with Crippen molar-refractivity contribution in [2.45, 2.75) is 13.1 Å². The Morgan fingerprint density at radius 3 is 2.25 bits per heavy atom. The fourth-order valence-corrected chi connectivity index (χ4v) is 1.57. The molecule has 1 heterocycles. The van der Waals surface area contributed by atoms with Crippen LogP contribution in [0.1, 0.15) is 18.1 Å². The van der Waals surface area contributed by atoms with Gasteiger partial charge in [-0.3, -0.25) is 0 Å². The highest BCUT2D eigenvalue weighted by atomic mass is 19.4. The molecule has 0 amide bonds. The van der Waals surface area contributed by atoms with Crippen molar-refractivity contribution in [1.82, 2.24) is 4.98 Å². The highest BCUT2D eigenvalue weighted by Gasteiger charge is 2.30. The quantitative estimate of drug-likeness (QED) is 0.795. The van der Waals surface area contributed by atoms with Crippen molar-refractivity contribution in [3.8, 4) is 11.6 Å². The van der Waals surface area contributed by atoms with Crippen molar-refractivity contribution in [3.63, 3.8) is 0 Å². The molecule has 104 valence electrons. The molecule has 0 aliphatic carbocycles. The minimum atomic E-state index is -4.39. The Hall–Kier alpha value is -2.30. The maximum absolute atomic E-state index is 12.4. The molecular formula is C15H12F3NO. The van der Waals surface area contributed by atoms with Crippen LogP contribution < -0.4 is 4.74 Å². The summed E-state index contributed by atoms with van der Waals surface area (Å²) in [6.45, 7) is 1.91. The summed E-state index contributed by atoms with van der Waals surface area (Å²) in [5, 5.41) is 0. The molecule has 20 heavy (non-hydrogen) atoms. The predicted octanol–water partition coefficient (Wildman–Crippen LogP) is 4.93. The second kappa shape index (κ2) is 5.77. The van der Waals surface area contributed by atoms with E-state index in [-0.39, 0.29) is 5.88 Å². The highest BCUT2D eigenvalue weighted by molar-refractivity contribution is 5.50. The maximum atomic E-state index is 12.4. The Balaban J connectivity index is 2.10. The molecular weight excluding hydrogens is 267 g/mol. The molecule has 0 saturated carbocycles. The second-order valence-corrected chi connectivity index (χ2v) is 4.05. The number of nitrogens with zero attached hydrogens (tertiary/aromatic N) is 1. The predicted molar refractivity (Wildman–Crippen MR) is 70.5 cm³/mol. The molecule has 0 radical (unpaired) electrons. The van der Waals surface area contributed by atoms with E-state index in [2.05, 4.69) is 4.98 Å². The van der Waals surface area contributed by atoms with Crippen molar-refractivity contribution in [3.05, 3.63) is 59.8 Å². The van der Waals surface area contributed by atoms with Gasteiger partial charge in [0, 0.05) is 12.3 Å². The first kappa shape index (κ1) is 14.1. The van der Waals surface area contributed by atoms with Gasteiger partial charge in [-0.25, -0.2) is 4.98 Å². The van der Waals surface area contributed by atoms with E-state index in [4.69, 9.17) is 4.74 Å². The van der Waals surface area contributed by atoms with Crippen LogP contribution in [0.25, 0.3) is 6.08 Å². The molecule has 0 bridgehead atoms. The van der Waals surface area contributed by atoms with Gasteiger partial charge in [-0.1, -0.05) is 24.3 Å². The van der Waals surface area contributed by atoms with Crippen LogP contribution in [0.3, 0.4) is 0 Å². The minimum absolute atomic E-state index is 0.122. The van der Waals surface area contributed by atoms with Crippen LogP contribution in [0, 0.1) is 0 Å². The van der Waals surface area contributed by atoms with Gasteiger partial charge >= 0.3 is 6.18 Å². The van der Waals surface area contributed by atoms with E-state index in [9.17, 15) is 13.2 Å². The van der Waals surface area contributed by atoms with Crippen molar-refractivity contribution >= 4 is 6.08 Å². The van der Waals surface area contributed by atoms with E-state index in [0.717, 1.165) is 17.8 Å². The number of aromatic nitrogens is 1. The third kappa shape index (κ3) is 3.60. The summed E-state index contributed by atoms with van der Waals surface area (Å²) in [5.74, 6) is 0.641. The van der Waals surface area contributed by atoms with Gasteiger partial charge in [-0.2, -0.15) is 13.2 Å². The summed E-state index contributed by atoms with van der Waals surface area (Å²) in [5.41, 5.74) is 0.216. The van der Waals surface area contributed by atoms with E-state index in [1.807, 2.05) is 31.2 Å². The second-order valence-electron chi connectivity index (χ2n) is 4.05. The zero-order valence-electron chi connectivity index (χ0n) is 10.7. The Labute approximate surface area is 114 Å². The normalized spacial score (nSPS) is 11.8. The van der Waals surface area contributed by atoms with Crippen molar-refractivity contribution in [2.24, 2.45) is 0 Å². The molecule has 0 N–H and O–H groups in total. The number of ether oxygens (including phenoxy) is 1. The summed E-state index contributed by atoms with van der Waals surface area (Å²) in [7, 11) is 0. The van der Waals surface area contributed by atoms with Crippen LogP contribution in [0.5, 0.6) is 11.6 Å². The lowest BCUT2D eigenvalue weighted by molar-refractivity contribution is -0.137. The number of allylic oxidation sites excluding steroid dienone is 1. The summed E-state index contributed by atoms with van der Waals surface area (Å²) in [4.78, 5) is 3.64. The number of benzene rings is 1. The zero-order valence-corrected chi connectivity index (χ0v) is 10.7. The van der Waals surface area contributed by atoms with Crippen molar-refractivity contribution in [1.29, 1.82) is 0 Å². The third-order valence-electron chi connectivity index (χ3n) is 2.53. The van der Waals surface area contributed by atoms with E-state index >= 15 is 0 Å². The molecule has 1 aromatic carbocycles. The monoisotopic (exact) mass is 279 g/mol. The SMILES string of the molecule is C/C=C/c1ccc(Oc2ccc(C(F)(F)F)cn2)cc1. The van der Waals surface area contributed by atoms with Crippen LogP contribution in [0.15, 0.2) is 48.7 Å². The van der Waals surface area contributed by atoms with Gasteiger partial charge in [0.15, 0.2) is 0 Å². The molecule has 2 nitrogen and oxygen atoms in total. The molecule has 0 unspecified atom stereocenters. The standard InChI is InChI=1S/C15H12F3NO/c1-2-3-11-4-7-13(8-5-11)20-14-9-6-12(10-19-14)15(16,17)18/h2-10H,1H3/b3-2+. The van der Waals surface area contributed by atoms with Gasteiger partial charge in [0.25, 0.3) is 0 Å². The lowest BCUT2D eigenvalue weighted by Gasteiger charge is -2.08. The number of hydrogen-bond acceptors (Lipinski definition) is 2. The average Bonchev–Trinajstić information content (AvgIpc) is 2.41. The van der Waals surface area contributed by atoms with Crippen LogP contribution >= 0.6 is 0 Å². The third-order valence-corrected chi connectivity index (χ3v) is 2.53. The van der Waals surface area contributed by atoms with Gasteiger partial charge in [-0.05, 0) is 30.7 Å². The fourth-order valence-electron chi connectivity index (χ4n) is 1.57.